The van der Waals surface area contributed by atoms with E-state index in [1.807, 2.05) is 0 Å². The van der Waals surface area contributed by atoms with Crippen LogP contribution < -0.4 is 10.1 Å². The first-order valence-corrected chi connectivity index (χ1v) is 6.44. The van der Waals surface area contributed by atoms with Crippen molar-refractivity contribution in [3.63, 3.8) is 0 Å². The minimum Gasteiger partial charge on any atom is -0.497 e. The molecule has 0 saturated carbocycles. The van der Waals surface area contributed by atoms with E-state index in [-0.39, 0.29) is 30.0 Å². The van der Waals surface area contributed by atoms with Gasteiger partial charge < -0.3 is 25.0 Å². The van der Waals surface area contributed by atoms with Crippen LogP contribution in [0.3, 0.4) is 0 Å². The number of carbonyl (C=O) groups excluding carboxylic acids is 1. The van der Waals surface area contributed by atoms with Crippen molar-refractivity contribution >= 4 is 11.9 Å². The van der Waals surface area contributed by atoms with Crippen molar-refractivity contribution < 1.29 is 29.3 Å². The molecule has 0 heterocycles. The minimum absolute atomic E-state index is 0.0123. The van der Waals surface area contributed by atoms with E-state index in [0.717, 1.165) is 0 Å². The van der Waals surface area contributed by atoms with Gasteiger partial charge in [0.2, 0.25) is 0 Å². The van der Waals surface area contributed by atoms with Crippen LogP contribution >= 0.6 is 0 Å². The lowest BCUT2D eigenvalue weighted by atomic mass is 10.1. The molecule has 116 valence electrons. The Labute approximate surface area is 122 Å². The predicted octanol–water partition coefficient (Wildman–Crippen LogP) is 0.521. The molecule has 0 aliphatic heterocycles. The van der Waals surface area contributed by atoms with Crippen molar-refractivity contribution in [2.75, 3.05) is 26.9 Å². The summed E-state index contributed by atoms with van der Waals surface area (Å²) >= 11 is 0. The molecule has 0 aliphatic carbocycles. The maximum atomic E-state index is 12.0. The Balaban J connectivity index is 2.73. The van der Waals surface area contributed by atoms with E-state index in [1.54, 1.807) is 6.92 Å². The molecule has 3 N–H and O–H groups in total. The summed E-state index contributed by atoms with van der Waals surface area (Å²) in [4.78, 5) is 22.9. The van der Waals surface area contributed by atoms with Gasteiger partial charge in [-0.05, 0) is 25.1 Å². The Hall–Kier alpha value is -2.12. The highest BCUT2D eigenvalue weighted by Gasteiger charge is 2.14. The van der Waals surface area contributed by atoms with Crippen LogP contribution in [0.15, 0.2) is 18.2 Å². The van der Waals surface area contributed by atoms with E-state index in [4.69, 9.17) is 14.6 Å². The topological polar surface area (TPSA) is 105 Å². The van der Waals surface area contributed by atoms with Crippen molar-refractivity contribution in [2.45, 2.75) is 13.0 Å². The third-order valence-corrected chi connectivity index (χ3v) is 2.66. The monoisotopic (exact) mass is 297 g/mol. The van der Waals surface area contributed by atoms with Gasteiger partial charge in [-0.2, -0.15) is 0 Å². The van der Waals surface area contributed by atoms with Crippen molar-refractivity contribution in [3.05, 3.63) is 29.3 Å². The number of ether oxygens (including phenoxy) is 2. The molecule has 0 spiro atoms. The highest BCUT2D eigenvalue weighted by Crippen LogP contribution is 2.17. The average molecular weight is 297 g/mol. The maximum absolute atomic E-state index is 12.0. The third-order valence-electron chi connectivity index (χ3n) is 2.66. The van der Waals surface area contributed by atoms with Crippen molar-refractivity contribution in [1.82, 2.24) is 5.32 Å². The molecule has 1 aromatic rings. The summed E-state index contributed by atoms with van der Waals surface area (Å²) in [7, 11) is 1.38. The Morgan fingerprint density at radius 1 is 1.29 bits per heavy atom. The van der Waals surface area contributed by atoms with Crippen LogP contribution in [0.4, 0.5) is 0 Å². The molecule has 0 aliphatic rings. The number of hydrogen-bond donors (Lipinski definition) is 3. The lowest BCUT2D eigenvalue weighted by Gasteiger charge is -2.12. The number of carbonyl (C=O) groups is 2. The van der Waals surface area contributed by atoms with Gasteiger partial charge in [0.1, 0.15) is 5.75 Å². The molecule has 0 saturated heterocycles. The van der Waals surface area contributed by atoms with Gasteiger partial charge >= 0.3 is 5.97 Å². The molecule has 1 rings (SSSR count). The number of methoxy groups -OCH3 is 1. The van der Waals surface area contributed by atoms with Gasteiger partial charge in [0.15, 0.2) is 0 Å². The zero-order chi connectivity index (χ0) is 15.8. The fraction of sp³-hybridized carbons (Fsp3) is 0.429. The number of nitrogens with one attached hydrogen (secondary N) is 1. The maximum Gasteiger partial charge on any atom is 0.335 e. The zero-order valence-corrected chi connectivity index (χ0v) is 12.0. The summed E-state index contributed by atoms with van der Waals surface area (Å²) in [6.07, 6.45) is -0.821. The van der Waals surface area contributed by atoms with E-state index < -0.39 is 18.0 Å². The first-order chi connectivity index (χ1) is 9.97. The fourth-order valence-electron chi connectivity index (χ4n) is 1.60. The number of hydrogen-bond acceptors (Lipinski definition) is 5. The highest BCUT2D eigenvalue weighted by molar-refractivity contribution is 5.98. The zero-order valence-electron chi connectivity index (χ0n) is 12.0. The summed E-state index contributed by atoms with van der Waals surface area (Å²) in [5, 5.41) is 21.1. The van der Waals surface area contributed by atoms with Gasteiger partial charge in [-0.25, -0.2) is 4.79 Å². The van der Waals surface area contributed by atoms with Gasteiger partial charge in [0, 0.05) is 18.7 Å². The van der Waals surface area contributed by atoms with Crippen LogP contribution in [0.5, 0.6) is 5.75 Å². The average Bonchev–Trinajstić information content (AvgIpc) is 2.49. The van der Waals surface area contributed by atoms with E-state index in [1.165, 1.54) is 25.3 Å². The van der Waals surface area contributed by atoms with Crippen LogP contribution in [0.1, 0.15) is 27.6 Å². The van der Waals surface area contributed by atoms with Crippen molar-refractivity contribution in [1.29, 1.82) is 0 Å². The van der Waals surface area contributed by atoms with Gasteiger partial charge in [-0.3, -0.25) is 4.79 Å². The van der Waals surface area contributed by atoms with Gasteiger partial charge in [0.05, 0.1) is 25.4 Å². The number of carboxylic acid groups (broad SMARTS) is 1. The number of aromatic carboxylic acids is 1. The van der Waals surface area contributed by atoms with E-state index in [2.05, 4.69) is 5.32 Å². The summed E-state index contributed by atoms with van der Waals surface area (Å²) in [5.41, 5.74) is 0.102. The number of carboxylic acids is 1. The van der Waals surface area contributed by atoms with Crippen LogP contribution in [0.25, 0.3) is 0 Å². The number of amides is 1. The summed E-state index contributed by atoms with van der Waals surface area (Å²) < 4.78 is 9.98. The van der Waals surface area contributed by atoms with E-state index >= 15 is 0 Å². The van der Waals surface area contributed by atoms with E-state index in [0.29, 0.717) is 6.61 Å². The molecule has 1 unspecified atom stereocenters. The first kappa shape index (κ1) is 16.9. The normalized spacial score (nSPS) is 11.8. The number of benzene rings is 1. The molecular formula is C14H19NO6. The predicted molar refractivity (Wildman–Crippen MR) is 74.8 cm³/mol. The quantitative estimate of drug-likeness (QED) is 0.646. The second-order valence-corrected chi connectivity index (χ2v) is 4.28. The molecule has 0 aromatic heterocycles. The fourth-order valence-corrected chi connectivity index (χ4v) is 1.60. The lowest BCUT2D eigenvalue weighted by Crippen LogP contribution is -2.34. The van der Waals surface area contributed by atoms with Crippen LogP contribution in [-0.2, 0) is 4.74 Å². The van der Waals surface area contributed by atoms with Crippen molar-refractivity contribution in [3.8, 4) is 5.75 Å². The number of aliphatic hydroxyl groups is 1. The minimum atomic E-state index is -1.15. The first-order valence-electron chi connectivity index (χ1n) is 6.44. The standard InChI is InChI=1S/C14H19NO6/c1-3-21-8-11(16)7-15-13(17)9-4-10(14(18)19)6-12(5-9)20-2/h4-6,11,16H,3,7-8H2,1-2H3,(H,15,17)(H,18,19). The second-order valence-electron chi connectivity index (χ2n) is 4.28. The second kappa shape index (κ2) is 8.23. The number of rotatable bonds is 8. The van der Waals surface area contributed by atoms with Crippen LogP contribution in [-0.4, -0.2) is 55.1 Å². The molecule has 1 aromatic carbocycles. The smallest absolute Gasteiger partial charge is 0.335 e. The molecule has 21 heavy (non-hydrogen) atoms. The number of aliphatic hydroxyl groups excluding tert-OH is 1. The van der Waals surface area contributed by atoms with Crippen LogP contribution in [0.2, 0.25) is 0 Å². The molecule has 1 amide bonds. The largest absolute Gasteiger partial charge is 0.497 e. The molecule has 0 bridgehead atoms. The Morgan fingerprint density at radius 3 is 2.52 bits per heavy atom. The summed E-state index contributed by atoms with van der Waals surface area (Å²) in [6.45, 7) is 2.41. The van der Waals surface area contributed by atoms with Crippen molar-refractivity contribution in [2.24, 2.45) is 0 Å². The highest BCUT2D eigenvalue weighted by atomic mass is 16.5. The molecule has 0 radical (unpaired) electrons. The molecular weight excluding hydrogens is 278 g/mol. The lowest BCUT2D eigenvalue weighted by molar-refractivity contribution is 0.0418. The Bertz CT molecular complexity index is 502. The Kier molecular flexibility index (Phi) is 6.64. The molecule has 7 nitrogen and oxygen atoms in total. The summed E-state index contributed by atoms with van der Waals surface area (Å²) in [5.74, 6) is -1.37. The molecule has 1 atom stereocenters. The SMILES string of the molecule is CCOCC(O)CNC(=O)c1cc(OC)cc(C(=O)O)c1. The molecule has 0 fully saturated rings. The summed E-state index contributed by atoms with van der Waals surface area (Å²) in [6, 6.07) is 3.99. The van der Waals surface area contributed by atoms with Gasteiger partial charge in [-0.15, -0.1) is 0 Å². The molecule has 7 heteroatoms. The third kappa shape index (κ3) is 5.41. The van der Waals surface area contributed by atoms with Gasteiger partial charge in [-0.1, -0.05) is 0 Å². The Morgan fingerprint density at radius 2 is 1.95 bits per heavy atom. The van der Waals surface area contributed by atoms with Crippen LogP contribution in [0, 0.1) is 0 Å². The van der Waals surface area contributed by atoms with Gasteiger partial charge in [0.25, 0.3) is 5.91 Å². The van der Waals surface area contributed by atoms with E-state index in [9.17, 15) is 14.7 Å².